The van der Waals surface area contributed by atoms with Crippen molar-refractivity contribution in [2.75, 3.05) is 6.54 Å². The molecule has 1 atom stereocenters. The highest BCUT2D eigenvalue weighted by atomic mass is 79.9. The fourth-order valence-corrected chi connectivity index (χ4v) is 3.15. The number of nitrogens with one attached hydrogen (secondary N) is 1. The van der Waals surface area contributed by atoms with Crippen molar-refractivity contribution in [3.05, 3.63) is 29.8 Å². The quantitative estimate of drug-likeness (QED) is 0.701. The number of hydrogen-bond donors (Lipinski definition) is 1. The SMILES string of the molecule is CCC(CC)C(Br)CNC(=O)c1cccc(OC(C)C)c1. The molecule has 1 amide bonds. The van der Waals surface area contributed by atoms with Gasteiger partial charge >= 0.3 is 0 Å². The van der Waals surface area contributed by atoms with Gasteiger partial charge in [-0.1, -0.05) is 48.7 Å². The highest BCUT2D eigenvalue weighted by Crippen LogP contribution is 2.20. The minimum atomic E-state index is -0.0559. The van der Waals surface area contributed by atoms with Gasteiger partial charge in [-0.2, -0.15) is 0 Å². The first-order valence-corrected chi connectivity index (χ1v) is 8.58. The average Bonchev–Trinajstić information content (AvgIpc) is 2.45. The summed E-state index contributed by atoms with van der Waals surface area (Å²) in [6, 6.07) is 7.31. The van der Waals surface area contributed by atoms with Gasteiger partial charge in [0.1, 0.15) is 5.75 Å². The second-order valence-corrected chi connectivity index (χ2v) is 6.67. The number of ether oxygens (including phenoxy) is 1. The van der Waals surface area contributed by atoms with E-state index in [-0.39, 0.29) is 12.0 Å². The second kappa shape index (κ2) is 9.08. The maximum atomic E-state index is 12.2. The van der Waals surface area contributed by atoms with Gasteiger partial charge in [0.15, 0.2) is 0 Å². The molecule has 0 aromatic heterocycles. The molecule has 118 valence electrons. The van der Waals surface area contributed by atoms with Crippen molar-refractivity contribution < 1.29 is 9.53 Å². The van der Waals surface area contributed by atoms with E-state index in [1.807, 2.05) is 32.0 Å². The molecule has 0 saturated heterocycles. The van der Waals surface area contributed by atoms with Crippen LogP contribution >= 0.6 is 15.9 Å². The Labute approximate surface area is 136 Å². The lowest BCUT2D eigenvalue weighted by molar-refractivity contribution is 0.0951. The first kappa shape index (κ1) is 18.0. The lowest BCUT2D eigenvalue weighted by Crippen LogP contribution is -2.32. The molecule has 0 saturated carbocycles. The number of amides is 1. The summed E-state index contributed by atoms with van der Waals surface area (Å²) in [4.78, 5) is 12.5. The highest BCUT2D eigenvalue weighted by molar-refractivity contribution is 9.09. The van der Waals surface area contributed by atoms with Crippen LogP contribution in [0.15, 0.2) is 24.3 Å². The summed E-state index contributed by atoms with van der Waals surface area (Å²) in [5.41, 5.74) is 0.636. The lowest BCUT2D eigenvalue weighted by atomic mass is 9.99. The van der Waals surface area contributed by atoms with Crippen LogP contribution in [0.4, 0.5) is 0 Å². The highest BCUT2D eigenvalue weighted by Gasteiger charge is 2.16. The number of halogens is 1. The van der Waals surface area contributed by atoms with Gasteiger partial charge in [-0.3, -0.25) is 4.79 Å². The lowest BCUT2D eigenvalue weighted by Gasteiger charge is -2.20. The van der Waals surface area contributed by atoms with Crippen LogP contribution in [0, 0.1) is 5.92 Å². The summed E-state index contributed by atoms with van der Waals surface area (Å²) in [6.07, 6.45) is 2.32. The third kappa shape index (κ3) is 6.08. The van der Waals surface area contributed by atoms with Crippen molar-refractivity contribution in [1.29, 1.82) is 0 Å². The Balaban J connectivity index is 2.59. The normalized spacial score (nSPS) is 12.5. The number of rotatable bonds is 8. The molecule has 1 unspecified atom stereocenters. The number of carbonyl (C=O) groups is 1. The number of benzene rings is 1. The van der Waals surface area contributed by atoms with Crippen LogP contribution in [0.25, 0.3) is 0 Å². The van der Waals surface area contributed by atoms with E-state index in [4.69, 9.17) is 4.74 Å². The molecular weight excluding hydrogens is 330 g/mol. The molecule has 4 heteroatoms. The standard InChI is InChI=1S/C17H26BrNO2/c1-5-13(6-2)16(18)11-19-17(20)14-8-7-9-15(10-14)21-12(3)4/h7-10,12-13,16H,5-6,11H2,1-4H3,(H,19,20). The monoisotopic (exact) mass is 355 g/mol. The molecule has 0 bridgehead atoms. The topological polar surface area (TPSA) is 38.3 Å². The Kier molecular flexibility index (Phi) is 7.79. The zero-order valence-corrected chi connectivity index (χ0v) is 14.9. The van der Waals surface area contributed by atoms with Gasteiger partial charge in [0.05, 0.1) is 6.10 Å². The second-order valence-electron chi connectivity index (χ2n) is 5.50. The van der Waals surface area contributed by atoms with Crippen LogP contribution < -0.4 is 10.1 Å². The van der Waals surface area contributed by atoms with Crippen molar-refractivity contribution in [3.8, 4) is 5.75 Å². The fourth-order valence-electron chi connectivity index (χ4n) is 2.24. The largest absolute Gasteiger partial charge is 0.491 e. The number of hydrogen-bond acceptors (Lipinski definition) is 2. The van der Waals surface area contributed by atoms with E-state index >= 15 is 0 Å². The molecule has 0 radical (unpaired) electrons. The van der Waals surface area contributed by atoms with E-state index in [2.05, 4.69) is 35.1 Å². The van der Waals surface area contributed by atoms with Crippen molar-refractivity contribution in [3.63, 3.8) is 0 Å². The molecule has 3 nitrogen and oxygen atoms in total. The predicted octanol–water partition coefficient (Wildman–Crippen LogP) is 4.40. The van der Waals surface area contributed by atoms with E-state index < -0.39 is 0 Å². The molecule has 1 rings (SSSR count). The molecule has 1 aromatic carbocycles. The summed E-state index contributed by atoms with van der Waals surface area (Å²) in [5, 5.41) is 2.99. The van der Waals surface area contributed by atoms with Crippen LogP contribution in [0.1, 0.15) is 50.9 Å². The minimum absolute atomic E-state index is 0.0559. The predicted molar refractivity (Wildman–Crippen MR) is 91.3 cm³/mol. The van der Waals surface area contributed by atoms with Crippen molar-refractivity contribution in [2.45, 2.75) is 51.5 Å². The molecule has 0 fully saturated rings. The molecule has 0 aliphatic carbocycles. The molecule has 0 aliphatic heterocycles. The third-order valence-corrected chi connectivity index (χ3v) is 4.56. The summed E-state index contributed by atoms with van der Waals surface area (Å²) in [7, 11) is 0. The van der Waals surface area contributed by atoms with Crippen molar-refractivity contribution in [1.82, 2.24) is 5.32 Å². The Bertz CT molecular complexity index is 444. The van der Waals surface area contributed by atoms with Gasteiger partial charge in [-0.25, -0.2) is 0 Å². The maximum absolute atomic E-state index is 12.2. The first-order chi connectivity index (χ1) is 9.97. The van der Waals surface area contributed by atoms with E-state index in [9.17, 15) is 4.79 Å². The number of carbonyl (C=O) groups excluding carboxylic acids is 1. The van der Waals surface area contributed by atoms with E-state index in [1.54, 1.807) is 6.07 Å². The molecule has 0 heterocycles. The van der Waals surface area contributed by atoms with Gasteiger partial charge in [0, 0.05) is 16.9 Å². The van der Waals surface area contributed by atoms with E-state index in [0.717, 1.165) is 18.6 Å². The summed E-state index contributed by atoms with van der Waals surface area (Å²) in [5.74, 6) is 1.26. The van der Waals surface area contributed by atoms with Crippen LogP contribution in [0.2, 0.25) is 0 Å². The summed E-state index contributed by atoms with van der Waals surface area (Å²) < 4.78 is 5.61. The van der Waals surface area contributed by atoms with E-state index in [1.165, 1.54) is 0 Å². The molecular formula is C17H26BrNO2. The minimum Gasteiger partial charge on any atom is -0.491 e. The zero-order chi connectivity index (χ0) is 15.8. The molecule has 21 heavy (non-hydrogen) atoms. The Morgan fingerprint density at radius 1 is 1.29 bits per heavy atom. The van der Waals surface area contributed by atoms with Gasteiger partial charge in [-0.15, -0.1) is 0 Å². The first-order valence-electron chi connectivity index (χ1n) is 7.66. The summed E-state index contributed by atoms with van der Waals surface area (Å²) >= 11 is 3.67. The van der Waals surface area contributed by atoms with Crippen LogP contribution in [0.3, 0.4) is 0 Å². The van der Waals surface area contributed by atoms with Gasteiger partial charge in [0.25, 0.3) is 5.91 Å². The van der Waals surface area contributed by atoms with Gasteiger partial charge in [-0.05, 0) is 38.0 Å². The van der Waals surface area contributed by atoms with Gasteiger partial charge < -0.3 is 10.1 Å². The Morgan fingerprint density at radius 2 is 1.95 bits per heavy atom. The molecule has 1 aromatic rings. The average molecular weight is 356 g/mol. The van der Waals surface area contributed by atoms with Crippen LogP contribution in [-0.4, -0.2) is 23.4 Å². The molecule has 0 aliphatic rings. The van der Waals surface area contributed by atoms with Crippen LogP contribution in [0.5, 0.6) is 5.75 Å². The molecule has 0 spiro atoms. The zero-order valence-electron chi connectivity index (χ0n) is 13.4. The Hall–Kier alpha value is -1.03. The fraction of sp³-hybridized carbons (Fsp3) is 0.588. The smallest absolute Gasteiger partial charge is 0.251 e. The third-order valence-electron chi connectivity index (χ3n) is 3.49. The molecule has 1 N–H and O–H groups in total. The number of alkyl halides is 1. The van der Waals surface area contributed by atoms with Crippen LogP contribution in [-0.2, 0) is 0 Å². The van der Waals surface area contributed by atoms with Crippen molar-refractivity contribution in [2.24, 2.45) is 5.92 Å². The van der Waals surface area contributed by atoms with Gasteiger partial charge in [0.2, 0.25) is 0 Å². The Morgan fingerprint density at radius 3 is 2.52 bits per heavy atom. The van der Waals surface area contributed by atoms with Crippen molar-refractivity contribution >= 4 is 21.8 Å². The van der Waals surface area contributed by atoms with E-state index in [0.29, 0.717) is 22.9 Å². The summed E-state index contributed by atoms with van der Waals surface area (Å²) in [6.45, 7) is 8.93. The maximum Gasteiger partial charge on any atom is 0.251 e.